The molecule has 0 N–H and O–H groups in total. The summed E-state index contributed by atoms with van der Waals surface area (Å²) in [5, 5.41) is 0. The van der Waals surface area contributed by atoms with Gasteiger partial charge in [0.05, 0.1) is 13.2 Å². The zero-order valence-corrected chi connectivity index (χ0v) is 34.0. The van der Waals surface area contributed by atoms with E-state index in [1.54, 1.807) is 0 Å². The van der Waals surface area contributed by atoms with Crippen molar-refractivity contribution >= 4 is 33.5 Å². The van der Waals surface area contributed by atoms with Crippen LogP contribution in [0.15, 0.2) is 0 Å². The number of rotatable bonds is 41. The van der Waals surface area contributed by atoms with Gasteiger partial charge >= 0.3 is 11.9 Å². The summed E-state index contributed by atoms with van der Waals surface area (Å²) in [6.45, 7) is 4.92. The van der Waals surface area contributed by atoms with Crippen molar-refractivity contribution in [2.75, 3.05) is 24.7 Å². The van der Waals surface area contributed by atoms with Gasteiger partial charge in [-0.1, -0.05) is 215 Å². The van der Waals surface area contributed by atoms with Crippen molar-refractivity contribution in [3.63, 3.8) is 0 Å². The summed E-state index contributed by atoms with van der Waals surface area (Å²) in [5.41, 5.74) is 0. The topological polar surface area (TPSA) is 52.6 Å². The Balaban J connectivity index is 3.07. The largest absolute Gasteiger partial charge is 0.466 e. The Hall–Kier alpha value is -0.360. The zero-order valence-electron chi connectivity index (χ0n) is 32.3. The fraction of sp³-hybridized carbons (Fsp3) is 0.952. The lowest BCUT2D eigenvalue weighted by Gasteiger charge is -2.05. The van der Waals surface area contributed by atoms with Crippen molar-refractivity contribution in [3.05, 3.63) is 0 Å². The molecular weight excluding hydrogens is 633 g/mol. The fourth-order valence-corrected chi connectivity index (χ4v) is 8.46. The lowest BCUT2D eigenvalue weighted by molar-refractivity contribution is -0.144. The third-order valence-corrected chi connectivity index (χ3v) is 12.0. The average Bonchev–Trinajstić information content (AvgIpc) is 3.10. The first-order chi connectivity index (χ1) is 23.7. The second-order valence-corrected chi connectivity index (χ2v) is 16.8. The van der Waals surface area contributed by atoms with Crippen LogP contribution in [0, 0.1) is 0 Å². The summed E-state index contributed by atoms with van der Waals surface area (Å²) in [7, 11) is 4.24. The lowest BCUT2D eigenvalue weighted by atomic mass is 10.0. The van der Waals surface area contributed by atoms with E-state index >= 15 is 0 Å². The van der Waals surface area contributed by atoms with Gasteiger partial charge in [0.2, 0.25) is 0 Å². The minimum Gasteiger partial charge on any atom is -0.466 e. The maximum atomic E-state index is 11.1. The molecule has 0 atom stereocenters. The first-order valence-corrected chi connectivity index (χ1v) is 23.7. The molecule has 48 heavy (non-hydrogen) atoms. The van der Waals surface area contributed by atoms with E-state index in [0.29, 0.717) is 26.1 Å². The van der Waals surface area contributed by atoms with Crippen molar-refractivity contribution in [1.29, 1.82) is 0 Å². The number of ether oxygens (including phenoxy) is 2. The van der Waals surface area contributed by atoms with Crippen LogP contribution in [0.4, 0.5) is 0 Å². The van der Waals surface area contributed by atoms with Crippen LogP contribution in [0.25, 0.3) is 0 Å². The second kappa shape index (κ2) is 42.8. The number of hydrogen-bond acceptors (Lipinski definition) is 6. The highest BCUT2D eigenvalue weighted by Gasteiger charge is 2.00. The molecule has 0 bridgehead atoms. The molecule has 0 aliphatic heterocycles. The van der Waals surface area contributed by atoms with Crippen LogP contribution in [0.5, 0.6) is 0 Å². The third-order valence-electron chi connectivity index (χ3n) is 9.43. The molecule has 0 saturated carbocycles. The van der Waals surface area contributed by atoms with Gasteiger partial charge in [-0.05, 0) is 25.7 Å². The fourth-order valence-electron chi connectivity index (χ4n) is 6.17. The third kappa shape index (κ3) is 41.8. The van der Waals surface area contributed by atoms with Crippen LogP contribution in [-0.2, 0) is 19.1 Å². The van der Waals surface area contributed by atoms with Crippen LogP contribution in [0.1, 0.15) is 232 Å². The summed E-state index contributed by atoms with van der Waals surface area (Å²) in [6.07, 6.45) is 44.9. The Morgan fingerprint density at radius 3 is 0.708 bits per heavy atom. The van der Waals surface area contributed by atoms with Gasteiger partial charge in [0, 0.05) is 24.3 Å². The van der Waals surface area contributed by atoms with Gasteiger partial charge in [-0.3, -0.25) is 9.59 Å². The number of carbonyl (C=O) groups excluding carboxylic acids is 2. The number of unbranched alkanes of at least 4 members (excludes halogenated alkanes) is 30. The molecule has 0 aliphatic rings. The van der Waals surface area contributed by atoms with Crippen molar-refractivity contribution in [3.8, 4) is 0 Å². The van der Waals surface area contributed by atoms with E-state index in [-0.39, 0.29) is 11.9 Å². The molecule has 0 fully saturated rings. The number of carbonyl (C=O) groups is 2. The molecule has 0 heterocycles. The van der Waals surface area contributed by atoms with E-state index in [0.717, 1.165) is 12.8 Å². The first kappa shape index (κ1) is 47.6. The first-order valence-electron chi connectivity index (χ1n) is 21.3. The highest BCUT2D eigenvalue weighted by atomic mass is 33.1. The molecule has 6 heteroatoms. The maximum Gasteiger partial charge on any atom is 0.305 e. The van der Waals surface area contributed by atoms with Crippen LogP contribution >= 0.6 is 21.6 Å². The Morgan fingerprint density at radius 2 is 0.500 bits per heavy atom. The Morgan fingerprint density at radius 1 is 0.312 bits per heavy atom. The van der Waals surface area contributed by atoms with E-state index < -0.39 is 0 Å². The van der Waals surface area contributed by atoms with E-state index in [9.17, 15) is 9.59 Å². The van der Waals surface area contributed by atoms with Gasteiger partial charge in [-0.25, -0.2) is 0 Å². The molecule has 0 saturated heterocycles. The quantitative estimate of drug-likeness (QED) is 0.0357. The number of hydrogen-bond donors (Lipinski definition) is 0. The molecule has 4 nitrogen and oxygen atoms in total. The Kier molecular flexibility index (Phi) is 42.5. The predicted molar refractivity (Wildman–Crippen MR) is 215 cm³/mol. The van der Waals surface area contributed by atoms with Crippen molar-refractivity contribution in [2.45, 2.75) is 232 Å². The summed E-state index contributed by atoms with van der Waals surface area (Å²) < 4.78 is 10.2. The molecule has 0 aromatic rings. The molecular formula is C42H82O4S2. The van der Waals surface area contributed by atoms with E-state index in [4.69, 9.17) is 9.47 Å². The maximum absolute atomic E-state index is 11.1. The molecule has 0 radical (unpaired) electrons. The molecule has 0 aromatic heterocycles. The smallest absolute Gasteiger partial charge is 0.305 e. The van der Waals surface area contributed by atoms with Crippen molar-refractivity contribution in [1.82, 2.24) is 0 Å². The predicted octanol–water partition coefficient (Wildman–Crippen LogP) is 14.8. The standard InChI is InChI=1S/C42H82O4S2/c1-3-41(43)45-37-33-29-25-21-17-13-9-5-7-11-15-19-23-27-31-35-39-47-48-40-36-32-28-24-20-16-12-8-6-10-14-18-22-26-30-34-38-46-42(44)4-2/h3-40H2,1-2H3. The summed E-state index contributed by atoms with van der Waals surface area (Å²) in [6, 6.07) is 0. The minimum atomic E-state index is -0.0642. The zero-order chi connectivity index (χ0) is 34.9. The van der Waals surface area contributed by atoms with Crippen LogP contribution in [0.3, 0.4) is 0 Å². The highest BCUT2D eigenvalue weighted by Crippen LogP contribution is 2.25. The summed E-state index contributed by atoms with van der Waals surface area (Å²) in [5.74, 6) is 2.56. The van der Waals surface area contributed by atoms with Gasteiger partial charge in [-0.2, -0.15) is 0 Å². The lowest BCUT2D eigenvalue weighted by Crippen LogP contribution is -2.03. The molecule has 0 aliphatic carbocycles. The molecule has 0 rings (SSSR count). The van der Waals surface area contributed by atoms with Crippen LogP contribution in [0.2, 0.25) is 0 Å². The van der Waals surface area contributed by atoms with Crippen molar-refractivity contribution in [2.24, 2.45) is 0 Å². The van der Waals surface area contributed by atoms with Crippen molar-refractivity contribution < 1.29 is 19.1 Å². The molecule has 0 spiro atoms. The second-order valence-electron chi connectivity index (χ2n) is 14.1. The Bertz CT molecular complexity index is 591. The van der Waals surface area contributed by atoms with Crippen LogP contribution in [-0.4, -0.2) is 36.7 Å². The van der Waals surface area contributed by atoms with E-state index in [1.165, 1.54) is 204 Å². The summed E-state index contributed by atoms with van der Waals surface area (Å²) in [4.78, 5) is 22.2. The minimum absolute atomic E-state index is 0.0642. The van der Waals surface area contributed by atoms with Gasteiger partial charge in [0.1, 0.15) is 0 Å². The average molecular weight is 715 g/mol. The van der Waals surface area contributed by atoms with Gasteiger partial charge in [0.15, 0.2) is 0 Å². The molecule has 0 amide bonds. The summed E-state index contributed by atoms with van der Waals surface area (Å²) >= 11 is 0. The Labute approximate surface area is 308 Å². The van der Waals surface area contributed by atoms with Gasteiger partial charge < -0.3 is 9.47 Å². The SMILES string of the molecule is CCC(=O)OCCCCCCCCCCCCCCCCCCSSCCCCCCCCCCCCCCCCCCOC(=O)CC. The van der Waals surface area contributed by atoms with E-state index in [1.807, 2.05) is 13.8 Å². The molecule has 0 aromatic carbocycles. The normalized spacial score (nSPS) is 11.3. The molecule has 0 unspecified atom stereocenters. The molecule has 286 valence electrons. The van der Waals surface area contributed by atoms with Gasteiger partial charge in [-0.15, -0.1) is 0 Å². The highest BCUT2D eigenvalue weighted by molar-refractivity contribution is 8.76. The van der Waals surface area contributed by atoms with Crippen LogP contribution < -0.4 is 0 Å². The monoisotopic (exact) mass is 715 g/mol. The number of esters is 2. The van der Waals surface area contributed by atoms with E-state index in [2.05, 4.69) is 21.6 Å². The van der Waals surface area contributed by atoms with Gasteiger partial charge in [0.25, 0.3) is 0 Å².